The number of nitrogens with one attached hydrogen (secondary N) is 1. The van der Waals surface area contributed by atoms with Gasteiger partial charge in [0.05, 0.1) is 4.92 Å². The lowest BCUT2D eigenvalue weighted by molar-refractivity contribution is -0.385. The van der Waals surface area contributed by atoms with E-state index >= 15 is 0 Å². The summed E-state index contributed by atoms with van der Waals surface area (Å²) in [6, 6.07) is 7.78. The summed E-state index contributed by atoms with van der Waals surface area (Å²) in [6.07, 6.45) is 0. The van der Waals surface area contributed by atoms with Crippen LogP contribution < -0.4 is 10.5 Å². The maximum atomic E-state index is 11.1. The van der Waals surface area contributed by atoms with E-state index in [4.69, 9.17) is 15.9 Å². The van der Waals surface area contributed by atoms with Crippen LogP contribution in [0.4, 0.5) is 5.69 Å². The highest BCUT2D eigenvalue weighted by Crippen LogP contribution is 2.33. The van der Waals surface area contributed by atoms with Gasteiger partial charge in [0.2, 0.25) is 11.6 Å². The third kappa shape index (κ3) is 3.14. The summed E-state index contributed by atoms with van der Waals surface area (Å²) >= 11 is 0. The molecule has 0 unspecified atom stereocenters. The molecule has 0 atom stereocenters. The Kier molecular flexibility index (Phi) is 3.84. The van der Waals surface area contributed by atoms with Crippen molar-refractivity contribution in [3.05, 3.63) is 57.3 Å². The van der Waals surface area contributed by atoms with Gasteiger partial charge in [0, 0.05) is 23.4 Å². The van der Waals surface area contributed by atoms with E-state index in [0.717, 1.165) is 0 Å². The summed E-state index contributed by atoms with van der Waals surface area (Å²) in [5.41, 5.74) is 6.99. The highest BCUT2D eigenvalue weighted by atomic mass is 16.6. The van der Waals surface area contributed by atoms with Crippen molar-refractivity contribution in [3.63, 3.8) is 0 Å². The molecule has 0 bridgehead atoms. The Hall–Kier alpha value is -2.96. The van der Waals surface area contributed by atoms with Gasteiger partial charge in [-0.25, -0.2) is 4.98 Å². The minimum absolute atomic E-state index is 0.121. The Labute approximate surface area is 121 Å². The molecular weight excluding hydrogens is 272 g/mol. The number of nitro groups is 1. The monoisotopic (exact) mass is 286 g/mol. The standard InChI is InChI=1S/C14H14N4O3/c1-8-4-3-5-11(18(19)20)13(8)21-12-7-10(14(15)16)6-9(2)17-12/h3-7H,1-2H3,(H3,15,16). The quantitative estimate of drug-likeness (QED) is 0.388. The molecule has 0 amide bonds. The molecule has 0 fully saturated rings. The molecule has 0 radical (unpaired) electrons. The summed E-state index contributed by atoms with van der Waals surface area (Å²) in [6.45, 7) is 3.44. The molecule has 0 aliphatic rings. The largest absolute Gasteiger partial charge is 0.431 e. The van der Waals surface area contributed by atoms with Crippen LogP contribution in [0, 0.1) is 29.4 Å². The van der Waals surface area contributed by atoms with Crippen LogP contribution in [0.2, 0.25) is 0 Å². The SMILES string of the molecule is Cc1cc(C(=N)N)cc(Oc2c(C)cccc2[N+](=O)[O-])n1. The molecule has 0 aliphatic carbocycles. The van der Waals surface area contributed by atoms with Gasteiger partial charge >= 0.3 is 5.69 Å². The van der Waals surface area contributed by atoms with E-state index in [1.807, 2.05) is 0 Å². The van der Waals surface area contributed by atoms with Crippen LogP contribution >= 0.6 is 0 Å². The van der Waals surface area contributed by atoms with Crippen molar-refractivity contribution in [2.75, 3.05) is 0 Å². The maximum Gasteiger partial charge on any atom is 0.311 e. The Bertz CT molecular complexity index is 728. The summed E-state index contributed by atoms with van der Waals surface area (Å²) in [4.78, 5) is 14.7. The molecule has 1 heterocycles. The minimum atomic E-state index is -0.510. The van der Waals surface area contributed by atoms with Crippen LogP contribution in [-0.4, -0.2) is 15.7 Å². The van der Waals surface area contributed by atoms with Crippen LogP contribution in [0.15, 0.2) is 30.3 Å². The zero-order valence-corrected chi connectivity index (χ0v) is 11.6. The number of amidine groups is 1. The molecule has 2 aromatic rings. The average Bonchev–Trinajstić information content (AvgIpc) is 2.40. The van der Waals surface area contributed by atoms with Gasteiger partial charge in [0.1, 0.15) is 5.84 Å². The van der Waals surface area contributed by atoms with Crippen LogP contribution in [0.3, 0.4) is 0 Å². The Morgan fingerprint density at radius 3 is 2.71 bits per heavy atom. The second kappa shape index (κ2) is 5.58. The lowest BCUT2D eigenvalue weighted by atomic mass is 10.2. The second-order valence-corrected chi connectivity index (χ2v) is 4.53. The number of nitro benzene ring substituents is 1. The predicted molar refractivity (Wildman–Crippen MR) is 77.9 cm³/mol. The van der Waals surface area contributed by atoms with Gasteiger partial charge in [-0.2, -0.15) is 0 Å². The third-order valence-electron chi connectivity index (χ3n) is 2.84. The van der Waals surface area contributed by atoms with Crippen molar-refractivity contribution in [1.82, 2.24) is 4.98 Å². The van der Waals surface area contributed by atoms with Gasteiger partial charge in [0.25, 0.3) is 0 Å². The van der Waals surface area contributed by atoms with Gasteiger partial charge in [-0.3, -0.25) is 15.5 Å². The molecule has 7 nitrogen and oxygen atoms in total. The summed E-state index contributed by atoms with van der Waals surface area (Å²) in [5, 5.41) is 18.5. The van der Waals surface area contributed by atoms with Crippen LogP contribution in [0.5, 0.6) is 11.6 Å². The van der Waals surface area contributed by atoms with E-state index < -0.39 is 4.92 Å². The first-order chi connectivity index (χ1) is 9.88. The summed E-state index contributed by atoms with van der Waals surface area (Å²) < 4.78 is 5.57. The minimum Gasteiger partial charge on any atom is -0.431 e. The fourth-order valence-electron chi connectivity index (χ4n) is 1.86. The van der Waals surface area contributed by atoms with E-state index in [0.29, 0.717) is 16.8 Å². The first-order valence-corrected chi connectivity index (χ1v) is 6.13. The molecule has 108 valence electrons. The summed E-state index contributed by atoms with van der Waals surface area (Å²) in [5.74, 6) is 0.178. The zero-order valence-electron chi connectivity index (χ0n) is 11.6. The summed E-state index contributed by atoms with van der Waals surface area (Å²) in [7, 11) is 0. The first-order valence-electron chi connectivity index (χ1n) is 6.13. The molecule has 0 aliphatic heterocycles. The lowest BCUT2D eigenvalue weighted by Crippen LogP contribution is -2.11. The fourth-order valence-corrected chi connectivity index (χ4v) is 1.86. The van der Waals surface area contributed by atoms with Crippen LogP contribution in [0.25, 0.3) is 0 Å². The van der Waals surface area contributed by atoms with Gasteiger partial charge < -0.3 is 10.5 Å². The Balaban J connectivity index is 2.48. The Morgan fingerprint density at radius 2 is 2.10 bits per heavy atom. The molecule has 0 saturated carbocycles. The normalized spacial score (nSPS) is 10.2. The number of nitrogens with zero attached hydrogens (tertiary/aromatic N) is 2. The van der Waals surface area contributed by atoms with Gasteiger partial charge in [-0.15, -0.1) is 0 Å². The number of para-hydroxylation sites is 1. The van der Waals surface area contributed by atoms with E-state index in [1.165, 1.54) is 12.1 Å². The number of nitrogens with two attached hydrogens (primary N) is 1. The van der Waals surface area contributed by atoms with Crippen molar-refractivity contribution in [2.24, 2.45) is 5.73 Å². The smallest absolute Gasteiger partial charge is 0.311 e. The number of rotatable bonds is 4. The zero-order chi connectivity index (χ0) is 15.6. The molecule has 0 spiro atoms. The number of hydrogen-bond acceptors (Lipinski definition) is 5. The van der Waals surface area contributed by atoms with Crippen molar-refractivity contribution in [2.45, 2.75) is 13.8 Å². The molecule has 1 aromatic heterocycles. The van der Waals surface area contributed by atoms with Gasteiger partial charge in [-0.1, -0.05) is 12.1 Å². The number of benzene rings is 1. The highest BCUT2D eigenvalue weighted by molar-refractivity contribution is 5.95. The van der Waals surface area contributed by atoms with Crippen molar-refractivity contribution < 1.29 is 9.66 Å². The number of ether oxygens (including phenoxy) is 1. The molecular formula is C14H14N4O3. The first kappa shape index (κ1) is 14.4. The molecule has 7 heteroatoms. The number of nitrogen functional groups attached to an aromatic ring is 1. The van der Waals surface area contributed by atoms with E-state index in [1.54, 1.807) is 32.0 Å². The highest BCUT2D eigenvalue weighted by Gasteiger charge is 2.18. The lowest BCUT2D eigenvalue weighted by Gasteiger charge is -2.10. The molecule has 2 rings (SSSR count). The van der Waals surface area contributed by atoms with Crippen molar-refractivity contribution >= 4 is 11.5 Å². The molecule has 3 N–H and O–H groups in total. The number of pyridine rings is 1. The third-order valence-corrected chi connectivity index (χ3v) is 2.84. The fraction of sp³-hybridized carbons (Fsp3) is 0.143. The predicted octanol–water partition coefficient (Wildman–Crippen LogP) is 2.68. The van der Waals surface area contributed by atoms with Gasteiger partial charge in [0.15, 0.2) is 0 Å². The van der Waals surface area contributed by atoms with Crippen molar-refractivity contribution in [3.8, 4) is 11.6 Å². The molecule has 21 heavy (non-hydrogen) atoms. The van der Waals surface area contributed by atoms with Crippen LogP contribution in [0.1, 0.15) is 16.8 Å². The molecule has 1 aromatic carbocycles. The second-order valence-electron chi connectivity index (χ2n) is 4.53. The van der Waals surface area contributed by atoms with E-state index in [9.17, 15) is 10.1 Å². The van der Waals surface area contributed by atoms with Crippen molar-refractivity contribution in [1.29, 1.82) is 5.41 Å². The van der Waals surface area contributed by atoms with E-state index in [-0.39, 0.29) is 23.2 Å². The van der Waals surface area contributed by atoms with Crippen LogP contribution in [-0.2, 0) is 0 Å². The number of hydrogen-bond donors (Lipinski definition) is 2. The number of aryl methyl sites for hydroxylation is 2. The Morgan fingerprint density at radius 1 is 1.38 bits per heavy atom. The maximum absolute atomic E-state index is 11.1. The van der Waals surface area contributed by atoms with Gasteiger partial charge in [-0.05, 0) is 25.5 Å². The molecule has 0 saturated heterocycles. The average molecular weight is 286 g/mol. The van der Waals surface area contributed by atoms with E-state index in [2.05, 4.69) is 4.98 Å². The number of aromatic nitrogens is 1. The topological polar surface area (TPSA) is 115 Å².